The molecule has 1 N–H and O–H groups in total. The van der Waals surface area contributed by atoms with Gasteiger partial charge in [-0.05, 0) is 31.1 Å². The Morgan fingerprint density at radius 2 is 1.93 bits per heavy atom. The van der Waals surface area contributed by atoms with Crippen molar-refractivity contribution in [1.82, 2.24) is 0 Å². The molecule has 0 aliphatic heterocycles. The third kappa shape index (κ3) is 4.55. The van der Waals surface area contributed by atoms with Gasteiger partial charge in [-0.3, -0.25) is 0 Å². The summed E-state index contributed by atoms with van der Waals surface area (Å²) >= 11 is 0. The number of aliphatic hydroxyl groups excluding tert-OH is 1. The molecule has 0 aromatic heterocycles. The fourth-order valence-corrected chi connectivity index (χ4v) is 2.87. The van der Waals surface area contributed by atoms with Gasteiger partial charge in [0.25, 0.3) is 0 Å². The molecule has 0 unspecified atom stereocenters. The molecule has 1 rings (SSSR count). The fraction of sp³-hybridized carbons (Fsp3) is 1.00. The molecule has 15 heavy (non-hydrogen) atoms. The van der Waals surface area contributed by atoms with E-state index in [1.165, 1.54) is 51.4 Å². The van der Waals surface area contributed by atoms with Crippen LogP contribution in [0.5, 0.6) is 0 Å². The predicted molar refractivity (Wildman–Crippen MR) is 65.9 cm³/mol. The summed E-state index contributed by atoms with van der Waals surface area (Å²) < 4.78 is 0. The molecule has 0 heterocycles. The maximum absolute atomic E-state index is 9.94. The summed E-state index contributed by atoms with van der Waals surface area (Å²) in [6.07, 6.45) is 11.5. The second kappa shape index (κ2) is 7.27. The molecule has 0 aromatic carbocycles. The lowest BCUT2D eigenvalue weighted by atomic mass is 9.79. The standard InChI is InChI=1S/C14H28O/c1-3-5-8-12(4-2)11-13-9-6-7-10-14(13)15/h12-15H,3-11H2,1-2H3/t12-,13+,14-/m0/s1. The van der Waals surface area contributed by atoms with E-state index in [-0.39, 0.29) is 6.10 Å². The van der Waals surface area contributed by atoms with Crippen molar-refractivity contribution in [1.29, 1.82) is 0 Å². The van der Waals surface area contributed by atoms with Gasteiger partial charge in [-0.25, -0.2) is 0 Å². The number of unbranched alkanes of at least 4 members (excludes halogenated alkanes) is 1. The van der Waals surface area contributed by atoms with Crippen molar-refractivity contribution in [2.45, 2.75) is 77.7 Å². The van der Waals surface area contributed by atoms with E-state index in [0.29, 0.717) is 5.92 Å². The Labute approximate surface area is 95.3 Å². The lowest BCUT2D eigenvalue weighted by molar-refractivity contribution is 0.0545. The largest absolute Gasteiger partial charge is 0.393 e. The van der Waals surface area contributed by atoms with Gasteiger partial charge in [-0.1, -0.05) is 52.4 Å². The van der Waals surface area contributed by atoms with Crippen LogP contribution >= 0.6 is 0 Å². The minimum Gasteiger partial charge on any atom is -0.393 e. The van der Waals surface area contributed by atoms with Gasteiger partial charge < -0.3 is 5.11 Å². The molecule has 1 aliphatic rings. The number of rotatable bonds is 6. The van der Waals surface area contributed by atoms with E-state index in [0.717, 1.165) is 12.3 Å². The Bertz CT molecular complexity index is 155. The second-order valence-corrected chi connectivity index (χ2v) is 5.26. The Morgan fingerprint density at radius 1 is 1.20 bits per heavy atom. The lowest BCUT2D eigenvalue weighted by Crippen LogP contribution is -2.26. The van der Waals surface area contributed by atoms with Crippen LogP contribution < -0.4 is 0 Å². The van der Waals surface area contributed by atoms with E-state index < -0.39 is 0 Å². The SMILES string of the molecule is CCCC[C@H](CC)C[C@H]1CCCC[C@@H]1O. The molecule has 90 valence electrons. The Morgan fingerprint density at radius 3 is 2.53 bits per heavy atom. The zero-order chi connectivity index (χ0) is 11.1. The van der Waals surface area contributed by atoms with Crippen LogP contribution in [0.3, 0.4) is 0 Å². The molecule has 1 saturated carbocycles. The second-order valence-electron chi connectivity index (χ2n) is 5.26. The van der Waals surface area contributed by atoms with E-state index >= 15 is 0 Å². The fourth-order valence-electron chi connectivity index (χ4n) is 2.87. The first-order chi connectivity index (χ1) is 7.27. The van der Waals surface area contributed by atoms with Crippen LogP contribution in [-0.2, 0) is 0 Å². The van der Waals surface area contributed by atoms with Crippen LogP contribution in [0.25, 0.3) is 0 Å². The molecule has 0 radical (unpaired) electrons. The summed E-state index contributed by atoms with van der Waals surface area (Å²) in [4.78, 5) is 0. The third-order valence-electron chi connectivity index (χ3n) is 4.05. The maximum atomic E-state index is 9.94. The molecule has 0 spiro atoms. The van der Waals surface area contributed by atoms with Crippen LogP contribution in [0.15, 0.2) is 0 Å². The van der Waals surface area contributed by atoms with E-state index in [2.05, 4.69) is 13.8 Å². The smallest absolute Gasteiger partial charge is 0.0568 e. The van der Waals surface area contributed by atoms with Crippen molar-refractivity contribution in [2.75, 3.05) is 0 Å². The van der Waals surface area contributed by atoms with Gasteiger partial charge in [0, 0.05) is 0 Å². The number of aliphatic hydroxyl groups is 1. The molecular formula is C14H28O. The van der Waals surface area contributed by atoms with Crippen LogP contribution in [0, 0.1) is 11.8 Å². The van der Waals surface area contributed by atoms with Crippen molar-refractivity contribution in [3.05, 3.63) is 0 Å². The highest BCUT2D eigenvalue weighted by atomic mass is 16.3. The van der Waals surface area contributed by atoms with E-state index in [1.54, 1.807) is 0 Å². The van der Waals surface area contributed by atoms with Gasteiger partial charge in [-0.2, -0.15) is 0 Å². The molecule has 3 atom stereocenters. The molecule has 0 aromatic rings. The third-order valence-corrected chi connectivity index (χ3v) is 4.05. The summed E-state index contributed by atoms with van der Waals surface area (Å²) in [5.41, 5.74) is 0. The quantitative estimate of drug-likeness (QED) is 0.701. The van der Waals surface area contributed by atoms with Gasteiger partial charge in [-0.15, -0.1) is 0 Å². The molecule has 0 saturated heterocycles. The highest BCUT2D eigenvalue weighted by Crippen LogP contribution is 2.32. The average molecular weight is 212 g/mol. The zero-order valence-corrected chi connectivity index (χ0v) is 10.5. The minimum absolute atomic E-state index is 0.00873. The summed E-state index contributed by atoms with van der Waals surface area (Å²) in [6, 6.07) is 0. The monoisotopic (exact) mass is 212 g/mol. The van der Waals surface area contributed by atoms with Crippen molar-refractivity contribution < 1.29 is 5.11 Å². The first kappa shape index (κ1) is 13.0. The van der Waals surface area contributed by atoms with E-state index in [1.807, 2.05) is 0 Å². The first-order valence-electron chi connectivity index (χ1n) is 6.96. The molecular weight excluding hydrogens is 184 g/mol. The molecule has 0 amide bonds. The molecule has 1 heteroatoms. The molecule has 1 nitrogen and oxygen atoms in total. The summed E-state index contributed by atoms with van der Waals surface area (Å²) in [7, 11) is 0. The van der Waals surface area contributed by atoms with Crippen LogP contribution in [-0.4, -0.2) is 11.2 Å². The number of hydrogen-bond acceptors (Lipinski definition) is 1. The predicted octanol–water partition coefficient (Wildman–Crippen LogP) is 4.14. The minimum atomic E-state index is 0.00873. The van der Waals surface area contributed by atoms with E-state index in [9.17, 15) is 5.11 Å². The van der Waals surface area contributed by atoms with Gasteiger partial charge in [0.2, 0.25) is 0 Å². The molecule has 1 aliphatic carbocycles. The lowest BCUT2D eigenvalue weighted by Gasteiger charge is -2.30. The molecule has 1 fully saturated rings. The topological polar surface area (TPSA) is 20.2 Å². The van der Waals surface area contributed by atoms with Gasteiger partial charge in [0.15, 0.2) is 0 Å². The van der Waals surface area contributed by atoms with Crippen LogP contribution in [0.4, 0.5) is 0 Å². The Hall–Kier alpha value is -0.0400. The van der Waals surface area contributed by atoms with Crippen molar-refractivity contribution >= 4 is 0 Å². The Balaban J connectivity index is 2.29. The van der Waals surface area contributed by atoms with Crippen LogP contribution in [0.2, 0.25) is 0 Å². The zero-order valence-electron chi connectivity index (χ0n) is 10.5. The maximum Gasteiger partial charge on any atom is 0.0568 e. The van der Waals surface area contributed by atoms with E-state index in [4.69, 9.17) is 0 Å². The summed E-state index contributed by atoms with van der Waals surface area (Å²) in [5.74, 6) is 1.48. The first-order valence-corrected chi connectivity index (χ1v) is 6.96. The summed E-state index contributed by atoms with van der Waals surface area (Å²) in [6.45, 7) is 4.57. The highest BCUT2D eigenvalue weighted by molar-refractivity contribution is 4.76. The van der Waals surface area contributed by atoms with Gasteiger partial charge in [0.1, 0.15) is 0 Å². The summed E-state index contributed by atoms with van der Waals surface area (Å²) in [5, 5.41) is 9.94. The van der Waals surface area contributed by atoms with Crippen molar-refractivity contribution in [2.24, 2.45) is 11.8 Å². The van der Waals surface area contributed by atoms with Crippen molar-refractivity contribution in [3.8, 4) is 0 Å². The van der Waals surface area contributed by atoms with Crippen LogP contribution in [0.1, 0.15) is 71.6 Å². The Kier molecular flexibility index (Phi) is 6.31. The number of hydrogen-bond donors (Lipinski definition) is 1. The average Bonchev–Trinajstić information content (AvgIpc) is 2.26. The molecule has 0 bridgehead atoms. The van der Waals surface area contributed by atoms with Gasteiger partial charge in [0.05, 0.1) is 6.10 Å². The van der Waals surface area contributed by atoms with Gasteiger partial charge >= 0.3 is 0 Å². The normalized spacial score (nSPS) is 29.0. The van der Waals surface area contributed by atoms with Crippen molar-refractivity contribution in [3.63, 3.8) is 0 Å². The highest BCUT2D eigenvalue weighted by Gasteiger charge is 2.25.